The van der Waals surface area contributed by atoms with Gasteiger partial charge in [-0.25, -0.2) is 9.37 Å². The summed E-state index contributed by atoms with van der Waals surface area (Å²) in [7, 11) is 0. The molecule has 0 unspecified atom stereocenters. The Morgan fingerprint density at radius 2 is 1.89 bits per heavy atom. The molecule has 12 heteroatoms. The zero-order valence-corrected chi connectivity index (χ0v) is 19.8. The molecule has 1 aliphatic rings. The molecule has 0 amide bonds. The van der Waals surface area contributed by atoms with Crippen LogP contribution in [0.4, 0.5) is 36.6 Å². The van der Waals surface area contributed by atoms with Crippen LogP contribution >= 0.6 is 0 Å². The van der Waals surface area contributed by atoms with Crippen molar-refractivity contribution in [2.75, 3.05) is 5.73 Å². The lowest BCUT2D eigenvalue weighted by Gasteiger charge is -2.10. The Kier molecular flexibility index (Phi) is 10.1. The van der Waals surface area contributed by atoms with Crippen LogP contribution in [0.1, 0.15) is 50.9 Å². The molecule has 198 valence electrons. The van der Waals surface area contributed by atoms with Crippen molar-refractivity contribution < 1.29 is 35.5 Å². The number of ether oxygens (including phenoxy) is 1. The molecule has 0 bridgehead atoms. The average Bonchev–Trinajstić information content (AvgIpc) is 3.06. The lowest BCUT2D eigenvalue weighted by Crippen LogP contribution is -2.18. The lowest BCUT2D eigenvalue weighted by molar-refractivity contribution is -0.274. The molecule has 0 saturated heterocycles. The minimum atomic E-state index is -4.73. The Morgan fingerprint density at radius 3 is 2.47 bits per heavy atom. The zero-order valence-electron chi connectivity index (χ0n) is 19.8. The molecule has 0 atom stereocenters. The van der Waals surface area contributed by atoms with Crippen LogP contribution in [-0.4, -0.2) is 27.3 Å². The number of aryl methyl sites for hydroxylation is 2. The highest BCUT2D eigenvalue weighted by Crippen LogP contribution is 2.33. The number of nitrogens with zero attached hydrogens (tertiary/aromatic N) is 3. The third kappa shape index (κ3) is 8.72. The van der Waals surface area contributed by atoms with Crippen LogP contribution in [0.25, 0.3) is 5.57 Å². The number of hydrogen-bond donors (Lipinski definition) is 1. The highest BCUT2D eigenvalue weighted by atomic mass is 19.4. The van der Waals surface area contributed by atoms with E-state index in [9.17, 15) is 30.7 Å². The molecule has 0 spiro atoms. The van der Waals surface area contributed by atoms with Gasteiger partial charge in [0.1, 0.15) is 5.83 Å². The van der Waals surface area contributed by atoms with Crippen LogP contribution in [0.2, 0.25) is 0 Å². The first-order valence-electron chi connectivity index (χ1n) is 11.2. The Morgan fingerprint density at radius 1 is 1.17 bits per heavy atom. The van der Waals surface area contributed by atoms with Gasteiger partial charge in [-0.3, -0.25) is 4.68 Å². The molecule has 0 fully saturated rings. The second-order valence-corrected chi connectivity index (χ2v) is 7.75. The van der Waals surface area contributed by atoms with Crippen molar-refractivity contribution in [1.82, 2.24) is 14.8 Å². The Hall–Kier alpha value is -3.31. The standard InChI is InChI=1S/C18H22F4N2.C6H5F3N2O/c1-3-8-13(18(20,21)22)11-15(16(19)4-2)17-12-14-9-6-5-7-10-24(14)23-17;7-6(8,9)12-4-2-1-3-11-5(4)10/h4,8,11-12H,3,5-7,9-10H2,1-2H3;1-3H,(H2,10,11)/b13-8-,15-11+,16-4+;. The fourth-order valence-electron chi connectivity index (χ4n) is 3.39. The highest BCUT2D eigenvalue weighted by molar-refractivity contribution is 5.77. The van der Waals surface area contributed by atoms with Gasteiger partial charge in [0.15, 0.2) is 11.6 Å². The number of rotatable bonds is 5. The number of aromatic nitrogens is 3. The van der Waals surface area contributed by atoms with Gasteiger partial charge in [0, 0.05) is 24.0 Å². The average molecular weight is 520 g/mol. The van der Waals surface area contributed by atoms with Crippen LogP contribution in [0, 0.1) is 0 Å². The first-order valence-corrected chi connectivity index (χ1v) is 11.2. The van der Waals surface area contributed by atoms with Crippen LogP contribution in [0.15, 0.2) is 54.0 Å². The van der Waals surface area contributed by atoms with E-state index in [1.807, 2.05) is 0 Å². The first-order chi connectivity index (χ1) is 16.9. The lowest BCUT2D eigenvalue weighted by atomic mass is 10.0. The van der Waals surface area contributed by atoms with Gasteiger partial charge < -0.3 is 10.5 Å². The first kappa shape index (κ1) is 28.9. The van der Waals surface area contributed by atoms with Crippen molar-refractivity contribution in [2.45, 2.75) is 65.0 Å². The molecular formula is C24H27F7N4O. The van der Waals surface area contributed by atoms with Gasteiger partial charge in [-0.15, -0.1) is 13.2 Å². The molecule has 0 radical (unpaired) electrons. The van der Waals surface area contributed by atoms with E-state index in [2.05, 4.69) is 14.8 Å². The van der Waals surface area contributed by atoms with E-state index in [1.54, 1.807) is 17.7 Å². The summed E-state index contributed by atoms with van der Waals surface area (Å²) in [6.07, 6.45) is -0.766. The maximum absolute atomic E-state index is 14.3. The largest absolute Gasteiger partial charge is 0.573 e. The second kappa shape index (κ2) is 12.6. The number of anilines is 1. The fourth-order valence-corrected chi connectivity index (χ4v) is 3.39. The summed E-state index contributed by atoms with van der Waals surface area (Å²) in [5.74, 6) is -1.46. The molecule has 5 nitrogen and oxygen atoms in total. The number of alkyl halides is 6. The molecule has 2 aromatic rings. The molecular weight excluding hydrogens is 493 g/mol. The van der Waals surface area contributed by atoms with Gasteiger partial charge in [0.05, 0.1) is 11.3 Å². The third-order valence-corrected chi connectivity index (χ3v) is 5.03. The van der Waals surface area contributed by atoms with Crippen LogP contribution in [-0.2, 0) is 13.0 Å². The SMILES string of the molecule is C\C=C(F)/C(=C\C(=C\CC)C(F)(F)F)c1cc2n(n1)CCCCC2.Nc1ncccc1OC(F)(F)F. The summed E-state index contributed by atoms with van der Waals surface area (Å²) < 4.78 is 93.9. The van der Waals surface area contributed by atoms with Crippen molar-refractivity contribution in [3.8, 4) is 5.75 Å². The minimum absolute atomic E-state index is 0.116. The number of pyridine rings is 1. The van der Waals surface area contributed by atoms with E-state index in [0.717, 1.165) is 62.2 Å². The van der Waals surface area contributed by atoms with Crippen molar-refractivity contribution in [3.63, 3.8) is 0 Å². The molecule has 0 aromatic carbocycles. The zero-order chi connectivity index (χ0) is 26.9. The van der Waals surface area contributed by atoms with E-state index in [0.29, 0.717) is 0 Å². The molecule has 3 heterocycles. The van der Waals surface area contributed by atoms with Gasteiger partial charge in [-0.2, -0.15) is 18.3 Å². The highest BCUT2D eigenvalue weighted by Gasteiger charge is 2.33. The monoisotopic (exact) mass is 520 g/mol. The van der Waals surface area contributed by atoms with E-state index >= 15 is 0 Å². The second-order valence-electron chi connectivity index (χ2n) is 7.75. The molecule has 2 aromatic heterocycles. The maximum Gasteiger partial charge on any atom is 0.573 e. The topological polar surface area (TPSA) is 66.0 Å². The van der Waals surface area contributed by atoms with Crippen molar-refractivity contribution in [3.05, 3.63) is 65.4 Å². The normalized spacial score (nSPS) is 15.5. The molecule has 2 N–H and O–H groups in total. The predicted molar refractivity (Wildman–Crippen MR) is 122 cm³/mol. The van der Waals surface area contributed by atoms with Crippen LogP contribution < -0.4 is 10.5 Å². The Bertz CT molecular complexity index is 1080. The molecule has 36 heavy (non-hydrogen) atoms. The summed E-state index contributed by atoms with van der Waals surface area (Å²) in [6.45, 7) is 3.79. The molecule has 0 saturated carbocycles. The van der Waals surface area contributed by atoms with E-state index in [1.165, 1.54) is 19.2 Å². The van der Waals surface area contributed by atoms with E-state index < -0.39 is 29.7 Å². The van der Waals surface area contributed by atoms with Gasteiger partial charge in [-0.1, -0.05) is 25.5 Å². The van der Waals surface area contributed by atoms with Gasteiger partial charge in [0.25, 0.3) is 0 Å². The van der Waals surface area contributed by atoms with Crippen LogP contribution in [0.5, 0.6) is 5.75 Å². The van der Waals surface area contributed by atoms with Gasteiger partial charge in [0.2, 0.25) is 0 Å². The van der Waals surface area contributed by atoms with E-state index in [-0.39, 0.29) is 23.5 Å². The van der Waals surface area contributed by atoms with Crippen molar-refractivity contribution >= 4 is 11.4 Å². The summed E-state index contributed by atoms with van der Waals surface area (Å²) in [5, 5.41) is 4.35. The number of halogens is 7. The predicted octanol–water partition coefficient (Wildman–Crippen LogP) is 7.33. The number of allylic oxidation sites excluding steroid dienone is 6. The van der Waals surface area contributed by atoms with Crippen LogP contribution in [0.3, 0.4) is 0 Å². The van der Waals surface area contributed by atoms with Crippen molar-refractivity contribution in [2.24, 2.45) is 0 Å². The number of hydrogen-bond acceptors (Lipinski definition) is 4. The quantitative estimate of drug-likeness (QED) is 0.331. The summed E-state index contributed by atoms with van der Waals surface area (Å²) in [5.41, 5.74) is 5.34. The third-order valence-electron chi connectivity index (χ3n) is 5.03. The number of fused-ring (bicyclic) bond motifs is 1. The fraction of sp³-hybridized carbons (Fsp3) is 0.417. The van der Waals surface area contributed by atoms with Crippen molar-refractivity contribution in [1.29, 1.82) is 0 Å². The Labute approximate surface area is 204 Å². The summed E-state index contributed by atoms with van der Waals surface area (Å²) >= 11 is 0. The van der Waals surface area contributed by atoms with E-state index in [4.69, 9.17) is 5.73 Å². The molecule has 1 aliphatic heterocycles. The summed E-state index contributed by atoms with van der Waals surface area (Å²) in [4.78, 5) is 3.42. The number of nitrogens with two attached hydrogens (primary N) is 1. The summed E-state index contributed by atoms with van der Waals surface area (Å²) in [6, 6.07) is 4.10. The minimum Gasteiger partial charge on any atom is -0.402 e. The number of nitrogen functional groups attached to an aromatic ring is 1. The smallest absolute Gasteiger partial charge is 0.402 e. The Balaban J connectivity index is 0.000000319. The molecule has 0 aliphatic carbocycles. The molecule has 3 rings (SSSR count). The van der Waals surface area contributed by atoms with Gasteiger partial charge in [-0.05, 0) is 56.9 Å². The maximum atomic E-state index is 14.3. The van der Waals surface area contributed by atoms with Gasteiger partial charge >= 0.3 is 12.5 Å².